The van der Waals surface area contributed by atoms with Gasteiger partial charge in [-0.05, 0) is 12.1 Å². The Bertz CT molecular complexity index is 1110. The molecule has 2 heterocycles. The van der Waals surface area contributed by atoms with Gasteiger partial charge in [-0.1, -0.05) is 42.5 Å². The van der Waals surface area contributed by atoms with Crippen LogP contribution in [0.2, 0.25) is 0 Å². The van der Waals surface area contributed by atoms with Crippen LogP contribution in [-0.4, -0.2) is 37.8 Å². The molecular formula is C19H17N7O2S. The summed E-state index contributed by atoms with van der Waals surface area (Å²) in [7, 11) is 0. The number of aromatic nitrogens is 3. The zero-order chi connectivity index (χ0) is 20.4. The first kappa shape index (κ1) is 18.6. The number of anilines is 1. The fraction of sp³-hybridized carbons (Fsp3) is 0.0526. The van der Waals surface area contributed by atoms with Crippen molar-refractivity contribution >= 4 is 30.1 Å². The number of aliphatic imine (C=N–C) groups is 1. The number of rotatable bonds is 4. The number of hydrogen-bond acceptors (Lipinski definition) is 8. The van der Waals surface area contributed by atoms with Gasteiger partial charge in [0.25, 0.3) is 5.91 Å². The van der Waals surface area contributed by atoms with Crippen LogP contribution in [0.25, 0.3) is 22.5 Å². The summed E-state index contributed by atoms with van der Waals surface area (Å²) in [4.78, 5) is 16.4. The Morgan fingerprint density at radius 3 is 2.28 bits per heavy atom. The number of carbonyl (C=O) groups excluding carboxylic acids is 1. The number of nitrogens with one attached hydrogen (secondary N) is 3. The molecule has 1 aliphatic rings. The lowest BCUT2D eigenvalue weighted by atomic mass is 10.0. The molecule has 1 amide bonds. The van der Waals surface area contributed by atoms with Gasteiger partial charge in [0.05, 0.1) is 0 Å². The number of nitrogens with zero attached hydrogens (tertiary/aromatic N) is 3. The molecule has 2 aromatic carbocycles. The highest BCUT2D eigenvalue weighted by atomic mass is 32.1. The van der Waals surface area contributed by atoms with E-state index in [4.69, 9.17) is 5.73 Å². The minimum Gasteiger partial charge on any atom is -0.494 e. The second-order valence-electron chi connectivity index (χ2n) is 6.17. The molecule has 1 unspecified atom stereocenters. The van der Waals surface area contributed by atoms with Crippen molar-refractivity contribution in [1.82, 2.24) is 20.7 Å². The molecule has 0 spiro atoms. The summed E-state index contributed by atoms with van der Waals surface area (Å²) in [6, 6.07) is 16.8. The van der Waals surface area contributed by atoms with E-state index in [1.807, 2.05) is 42.5 Å². The molecule has 0 bridgehead atoms. The van der Waals surface area contributed by atoms with Gasteiger partial charge in [0.1, 0.15) is 22.8 Å². The number of aromatic amines is 1. The standard InChI is InChI=1S/C19H17N7O2S/c20-16-13(18(28)23-19(29)22-16)17(27)21-12-8-6-11(7-9-12)15-14(24-26-25-15)10-4-2-1-3-5-10/h1-9,19,23,28-29H,(H2,20,22)(H,21,27)(H,24,25,26). The van der Waals surface area contributed by atoms with Gasteiger partial charge in [-0.15, -0.1) is 12.6 Å². The van der Waals surface area contributed by atoms with Crippen molar-refractivity contribution < 1.29 is 9.90 Å². The van der Waals surface area contributed by atoms with E-state index in [0.717, 1.165) is 16.8 Å². The van der Waals surface area contributed by atoms with E-state index in [9.17, 15) is 9.90 Å². The Morgan fingerprint density at radius 1 is 1.03 bits per heavy atom. The second kappa shape index (κ2) is 7.68. The van der Waals surface area contributed by atoms with Gasteiger partial charge < -0.3 is 21.5 Å². The molecule has 0 saturated heterocycles. The van der Waals surface area contributed by atoms with Crippen LogP contribution in [0.15, 0.2) is 71.0 Å². The highest BCUT2D eigenvalue weighted by Gasteiger charge is 2.25. The van der Waals surface area contributed by atoms with E-state index in [1.165, 1.54) is 0 Å². The minimum absolute atomic E-state index is 0.0922. The number of benzene rings is 2. The predicted octanol–water partition coefficient (Wildman–Crippen LogP) is 2.02. The van der Waals surface area contributed by atoms with E-state index >= 15 is 0 Å². The summed E-state index contributed by atoms with van der Waals surface area (Å²) in [6.45, 7) is 0. The molecule has 6 N–H and O–H groups in total. The molecule has 0 fully saturated rings. The number of amides is 1. The summed E-state index contributed by atoms with van der Waals surface area (Å²) in [5, 5.41) is 26.3. The monoisotopic (exact) mass is 407 g/mol. The van der Waals surface area contributed by atoms with Crippen molar-refractivity contribution in [1.29, 1.82) is 0 Å². The second-order valence-corrected chi connectivity index (χ2v) is 6.66. The maximum Gasteiger partial charge on any atom is 0.264 e. The van der Waals surface area contributed by atoms with Crippen molar-refractivity contribution in [2.75, 3.05) is 5.32 Å². The smallest absolute Gasteiger partial charge is 0.264 e. The third kappa shape index (κ3) is 3.78. The summed E-state index contributed by atoms with van der Waals surface area (Å²) in [5.41, 5.74) is 8.62. The average Bonchev–Trinajstić information content (AvgIpc) is 3.18. The maximum absolute atomic E-state index is 12.5. The van der Waals surface area contributed by atoms with Gasteiger partial charge in [0, 0.05) is 16.8 Å². The summed E-state index contributed by atoms with van der Waals surface area (Å²) in [5.74, 6) is -1.05. The first-order valence-electron chi connectivity index (χ1n) is 8.62. The third-order valence-electron chi connectivity index (χ3n) is 4.26. The molecule has 3 aromatic rings. The van der Waals surface area contributed by atoms with Crippen molar-refractivity contribution in [3.8, 4) is 22.5 Å². The maximum atomic E-state index is 12.5. The molecule has 29 heavy (non-hydrogen) atoms. The lowest BCUT2D eigenvalue weighted by Gasteiger charge is -2.19. The molecule has 1 atom stereocenters. The normalized spacial score (nSPS) is 16.2. The van der Waals surface area contributed by atoms with E-state index in [0.29, 0.717) is 11.4 Å². The van der Waals surface area contributed by atoms with Crippen LogP contribution < -0.4 is 16.4 Å². The first-order chi connectivity index (χ1) is 14.0. The van der Waals surface area contributed by atoms with Gasteiger partial charge in [-0.25, -0.2) is 4.99 Å². The minimum atomic E-state index is -0.702. The summed E-state index contributed by atoms with van der Waals surface area (Å²) >= 11 is 4.05. The molecule has 1 aromatic heterocycles. The highest BCUT2D eigenvalue weighted by molar-refractivity contribution is 7.80. The number of hydrogen-bond donors (Lipinski definition) is 6. The van der Waals surface area contributed by atoms with Gasteiger partial charge in [0.15, 0.2) is 5.50 Å². The van der Waals surface area contributed by atoms with Crippen LogP contribution in [0.1, 0.15) is 0 Å². The Morgan fingerprint density at radius 2 is 1.66 bits per heavy atom. The van der Waals surface area contributed by atoms with Crippen molar-refractivity contribution in [2.24, 2.45) is 10.7 Å². The average molecular weight is 407 g/mol. The van der Waals surface area contributed by atoms with Crippen LogP contribution in [0.4, 0.5) is 5.69 Å². The number of carbonyl (C=O) groups is 1. The largest absolute Gasteiger partial charge is 0.494 e. The van der Waals surface area contributed by atoms with E-state index in [2.05, 4.69) is 43.7 Å². The topological polar surface area (TPSA) is 141 Å². The number of amidine groups is 1. The van der Waals surface area contributed by atoms with Crippen molar-refractivity contribution in [2.45, 2.75) is 5.50 Å². The Labute approximate surface area is 171 Å². The number of aliphatic hydroxyl groups excluding tert-OH is 1. The van der Waals surface area contributed by atoms with Gasteiger partial charge >= 0.3 is 0 Å². The molecule has 9 nitrogen and oxygen atoms in total. The van der Waals surface area contributed by atoms with Crippen LogP contribution >= 0.6 is 12.6 Å². The van der Waals surface area contributed by atoms with E-state index < -0.39 is 11.4 Å². The Balaban J connectivity index is 1.54. The van der Waals surface area contributed by atoms with E-state index in [-0.39, 0.29) is 17.3 Å². The molecule has 0 aliphatic carbocycles. The van der Waals surface area contributed by atoms with Gasteiger partial charge in [-0.2, -0.15) is 15.4 Å². The highest BCUT2D eigenvalue weighted by Crippen LogP contribution is 2.28. The SMILES string of the molecule is NC1=NC(S)NC(O)=C1C(=O)Nc1ccc(-c2n[nH]nc2-c2ccccc2)cc1. The van der Waals surface area contributed by atoms with Crippen LogP contribution in [0, 0.1) is 0 Å². The molecule has 1 aliphatic heterocycles. The number of H-pyrrole nitrogens is 1. The number of aliphatic hydroxyl groups is 1. The fourth-order valence-corrected chi connectivity index (χ4v) is 3.15. The number of thiol groups is 1. The third-order valence-corrected chi connectivity index (χ3v) is 4.50. The summed E-state index contributed by atoms with van der Waals surface area (Å²) < 4.78 is 0. The Kier molecular flexibility index (Phi) is 4.92. The lowest BCUT2D eigenvalue weighted by Crippen LogP contribution is -2.38. The molecule has 4 rings (SSSR count). The molecule has 0 saturated carbocycles. The van der Waals surface area contributed by atoms with Crippen LogP contribution in [0.3, 0.4) is 0 Å². The zero-order valence-electron chi connectivity index (χ0n) is 15.0. The fourth-order valence-electron chi connectivity index (χ4n) is 2.90. The quantitative estimate of drug-likeness (QED) is 0.366. The molecule has 10 heteroatoms. The summed E-state index contributed by atoms with van der Waals surface area (Å²) in [6.07, 6.45) is 0. The van der Waals surface area contributed by atoms with Crippen molar-refractivity contribution in [3.63, 3.8) is 0 Å². The molecule has 0 radical (unpaired) electrons. The van der Waals surface area contributed by atoms with Gasteiger partial charge in [0.2, 0.25) is 5.88 Å². The zero-order valence-corrected chi connectivity index (χ0v) is 15.9. The lowest BCUT2D eigenvalue weighted by molar-refractivity contribution is -0.112. The predicted molar refractivity (Wildman–Crippen MR) is 113 cm³/mol. The van der Waals surface area contributed by atoms with Gasteiger partial charge in [-0.3, -0.25) is 4.79 Å². The van der Waals surface area contributed by atoms with Crippen LogP contribution in [-0.2, 0) is 4.79 Å². The number of nitrogens with two attached hydrogens (primary N) is 1. The van der Waals surface area contributed by atoms with Crippen molar-refractivity contribution in [3.05, 3.63) is 66.1 Å². The van der Waals surface area contributed by atoms with E-state index in [1.54, 1.807) is 12.1 Å². The first-order valence-corrected chi connectivity index (χ1v) is 9.14. The molecular weight excluding hydrogens is 390 g/mol. The molecule has 146 valence electrons. The van der Waals surface area contributed by atoms with Crippen LogP contribution in [0.5, 0.6) is 0 Å². The Hall–Kier alpha value is -3.79.